The maximum atomic E-state index is 12.1. The number of nitrogens with zero attached hydrogens (tertiary/aromatic N) is 1. The minimum absolute atomic E-state index is 0.0614. The Bertz CT molecular complexity index is 677. The van der Waals surface area contributed by atoms with Crippen LogP contribution in [-0.2, 0) is 0 Å². The third-order valence-electron chi connectivity index (χ3n) is 3.40. The molecule has 0 aliphatic carbocycles. The molecule has 1 atom stereocenters. The standard InChI is InChI=1S/C17H20N2O2/c1-11(2)16(20)12(3)18-19-17(21)15-9-8-13-6-4-5-7-14(13)10-15/h4-11,16,20H,1-3H3,(H,19,21)/b18-12+. The summed E-state index contributed by atoms with van der Waals surface area (Å²) in [5.74, 6) is -0.220. The minimum Gasteiger partial charge on any atom is -0.387 e. The third-order valence-corrected chi connectivity index (χ3v) is 3.40. The number of carbonyl (C=O) groups is 1. The molecule has 0 aliphatic heterocycles. The lowest BCUT2D eigenvalue weighted by Crippen LogP contribution is -2.27. The van der Waals surface area contributed by atoms with Crippen LogP contribution < -0.4 is 5.43 Å². The van der Waals surface area contributed by atoms with Crippen LogP contribution >= 0.6 is 0 Å². The van der Waals surface area contributed by atoms with E-state index in [4.69, 9.17) is 0 Å². The predicted octanol–water partition coefficient (Wildman–Crippen LogP) is 2.96. The zero-order chi connectivity index (χ0) is 15.4. The number of aliphatic hydroxyl groups excluding tert-OH is 1. The van der Waals surface area contributed by atoms with Gasteiger partial charge in [0, 0.05) is 5.56 Å². The fourth-order valence-electron chi connectivity index (χ4n) is 2.08. The summed E-state index contributed by atoms with van der Waals surface area (Å²) in [7, 11) is 0. The Morgan fingerprint density at radius 3 is 2.48 bits per heavy atom. The zero-order valence-corrected chi connectivity index (χ0v) is 12.5. The van der Waals surface area contributed by atoms with Crippen LogP contribution in [0.15, 0.2) is 47.6 Å². The highest BCUT2D eigenvalue weighted by Crippen LogP contribution is 2.15. The molecule has 0 bridgehead atoms. The molecule has 1 unspecified atom stereocenters. The Hall–Kier alpha value is -2.20. The molecule has 0 aromatic heterocycles. The summed E-state index contributed by atoms with van der Waals surface area (Å²) < 4.78 is 0. The first kappa shape index (κ1) is 15.2. The number of aliphatic hydroxyl groups is 1. The van der Waals surface area contributed by atoms with Crippen molar-refractivity contribution < 1.29 is 9.90 Å². The number of nitrogens with one attached hydrogen (secondary N) is 1. The topological polar surface area (TPSA) is 61.7 Å². The van der Waals surface area contributed by atoms with Gasteiger partial charge in [0.25, 0.3) is 5.91 Å². The molecule has 0 aliphatic rings. The van der Waals surface area contributed by atoms with Gasteiger partial charge in [-0.25, -0.2) is 5.43 Å². The van der Waals surface area contributed by atoms with Crippen LogP contribution in [0, 0.1) is 5.92 Å². The summed E-state index contributed by atoms with van der Waals surface area (Å²) >= 11 is 0. The average Bonchev–Trinajstić information content (AvgIpc) is 2.50. The molecule has 4 heteroatoms. The third kappa shape index (κ3) is 3.67. The fraction of sp³-hybridized carbons (Fsp3) is 0.294. The second-order valence-corrected chi connectivity index (χ2v) is 5.44. The van der Waals surface area contributed by atoms with Gasteiger partial charge in [-0.05, 0) is 35.7 Å². The second-order valence-electron chi connectivity index (χ2n) is 5.44. The summed E-state index contributed by atoms with van der Waals surface area (Å²) in [6.07, 6.45) is -0.651. The first-order valence-electron chi connectivity index (χ1n) is 7.00. The van der Waals surface area contributed by atoms with Gasteiger partial charge in [-0.15, -0.1) is 0 Å². The number of hydrogen-bond donors (Lipinski definition) is 2. The van der Waals surface area contributed by atoms with Crippen LogP contribution in [0.25, 0.3) is 10.8 Å². The largest absolute Gasteiger partial charge is 0.387 e. The van der Waals surface area contributed by atoms with E-state index in [2.05, 4.69) is 10.5 Å². The molecule has 2 aromatic carbocycles. The van der Waals surface area contributed by atoms with Crippen molar-refractivity contribution in [2.24, 2.45) is 11.0 Å². The molecule has 2 rings (SSSR count). The first-order valence-corrected chi connectivity index (χ1v) is 7.00. The van der Waals surface area contributed by atoms with Gasteiger partial charge in [-0.1, -0.05) is 44.2 Å². The summed E-state index contributed by atoms with van der Waals surface area (Å²) in [4.78, 5) is 12.1. The van der Waals surface area contributed by atoms with Crippen LogP contribution in [0.1, 0.15) is 31.1 Å². The number of rotatable bonds is 4. The first-order chi connectivity index (χ1) is 9.99. The Balaban J connectivity index is 2.13. The van der Waals surface area contributed by atoms with E-state index in [0.717, 1.165) is 10.8 Å². The average molecular weight is 284 g/mol. The molecule has 21 heavy (non-hydrogen) atoms. The van der Waals surface area contributed by atoms with Gasteiger partial charge in [0.2, 0.25) is 0 Å². The normalized spacial score (nSPS) is 13.5. The quantitative estimate of drug-likeness (QED) is 0.670. The minimum atomic E-state index is -0.651. The molecule has 0 fully saturated rings. The Morgan fingerprint density at radius 2 is 1.81 bits per heavy atom. The van der Waals surface area contributed by atoms with Crippen molar-refractivity contribution in [1.82, 2.24) is 5.43 Å². The van der Waals surface area contributed by atoms with E-state index in [-0.39, 0.29) is 11.8 Å². The van der Waals surface area contributed by atoms with Crippen molar-refractivity contribution in [2.45, 2.75) is 26.9 Å². The molecule has 2 aromatic rings. The lowest BCUT2D eigenvalue weighted by molar-refractivity contribution is 0.0954. The second kappa shape index (κ2) is 6.50. The van der Waals surface area contributed by atoms with Crippen molar-refractivity contribution in [3.63, 3.8) is 0 Å². The maximum Gasteiger partial charge on any atom is 0.271 e. The van der Waals surface area contributed by atoms with E-state index in [0.29, 0.717) is 11.3 Å². The van der Waals surface area contributed by atoms with Crippen LogP contribution in [0.2, 0.25) is 0 Å². The van der Waals surface area contributed by atoms with Crippen molar-refractivity contribution in [3.05, 3.63) is 48.0 Å². The zero-order valence-electron chi connectivity index (χ0n) is 12.5. The van der Waals surface area contributed by atoms with Crippen molar-refractivity contribution >= 4 is 22.4 Å². The van der Waals surface area contributed by atoms with Crippen LogP contribution in [0.3, 0.4) is 0 Å². The summed E-state index contributed by atoms with van der Waals surface area (Å²) in [6.45, 7) is 5.50. The van der Waals surface area contributed by atoms with E-state index in [9.17, 15) is 9.90 Å². The summed E-state index contributed by atoms with van der Waals surface area (Å²) in [6, 6.07) is 13.4. The van der Waals surface area contributed by atoms with Gasteiger partial charge in [0.15, 0.2) is 0 Å². The van der Waals surface area contributed by atoms with Gasteiger partial charge in [-0.2, -0.15) is 5.10 Å². The molecular formula is C17H20N2O2. The van der Waals surface area contributed by atoms with Gasteiger partial charge in [0.1, 0.15) is 0 Å². The van der Waals surface area contributed by atoms with Crippen LogP contribution in [0.5, 0.6) is 0 Å². The Kier molecular flexibility index (Phi) is 4.70. The van der Waals surface area contributed by atoms with Crippen molar-refractivity contribution in [1.29, 1.82) is 0 Å². The van der Waals surface area contributed by atoms with Crippen LogP contribution in [-0.4, -0.2) is 22.8 Å². The predicted molar refractivity (Wildman–Crippen MR) is 85.4 cm³/mol. The van der Waals surface area contributed by atoms with E-state index in [1.165, 1.54) is 0 Å². The number of carbonyl (C=O) groups excluding carboxylic acids is 1. The molecule has 0 spiro atoms. The number of hydrazone groups is 1. The SMILES string of the molecule is C/C(=N\NC(=O)c1ccc2ccccc2c1)C(O)C(C)C. The van der Waals surface area contributed by atoms with Crippen molar-refractivity contribution in [2.75, 3.05) is 0 Å². The van der Waals surface area contributed by atoms with E-state index < -0.39 is 6.10 Å². The highest BCUT2D eigenvalue weighted by molar-refractivity contribution is 5.99. The molecule has 0 saturated heterocycles. The molecule has 0 saturated carbocycles. The fourth-order valence-corrected chi connectivity index (χ4v) is 2.08. The molecule has 2 N–H and O–H groups in total. The number of hydrogen-bond acceptors (Lipinski definition) is 3. The lowest BCUT2D eigenvalue weighted by Gasteiger charge is -2.13. The van der Waals surface area contributed by atoms with Gasteiger partial charge < -0.3 is 5.11 Å². The van der Waals surface area contributed by atoms with E-state index in [1.807, 2.05) is 50.2 Å². The molecule has 0 heterocycles. The molecule has 110 valence electrons. The summed E-state index contributed by atoms with van der Waals surface area (Å²) in [5.41, 5.74) is 3.53. The van der Waals surface area contributed by atoms with E-state index in [1.54, 1.807) is 13.0 Å². The van der Waals surface area contributed by atoms with E-state index >= 15 is 0 Å². The Labute approximate surface area is 124 Å². The monoisotopic (exact) mass is 284 g/mol. The lowest BCUT2D eigenvalue weighted by atomic mass is 10.0. The highest BCUT2D eigenvalue weighted by atomic mass is 16.3. The van der Waals surface area contributed by atoms with Gasteiger partial charge >= 0.3 is 0 Å². The summed E-state index contributed by atoms with van der Waals surface area (Å²) in [5, 5.41) is 15.9. The highest BCUT2D eigenvalue weighted by Gasteiger charge is 2.13. The van der Waals surface area contributed by atoms with Crippen molar-refractivity contribution in [3.8, 4) is 0 Å². The number of benzene rings is 2. The van der Waals surface area contributed by atoms with Gasteiger partial charge in [-0.3, -0.25) is 4.79 Å². The smallest absolute Gasteiger partial charge is 0.271 e. The maximum absolute atomic E-state index is 12.1. The molecule has 0 radical (unpaired) electrons. The Morgan fingerprint density at radius 1 is 1.14 bits per heavy atom. The molecular weight excluding hydrogens is 264 g/mol. The molecule has 4 nitrogen and oxygen atoms in total. The van der Waals surface area contributed by atoms with Gasteiger partial charge in [0.05, 0.1) is 11.8 Å². The molecule has 1 amide bonds. The van der Waals surface area contributed by atoms with Crippen LogP contribution in [0.4, 0.5) is 0 Å². The number of amides is 1. The number of fused-ring (bicyclic) bond motifs is 1.